The highest BCUT2D eigenvalue weighted by Crippen LogP contribution is 2.32. The lowest BCUT2D eigenvalue weighted by Gasteiger charge is -2.19. The maximum absolute atomic E-state index is 12.9. The van der Waals surface area contributed by atoms with Crippen molar-refractivity contribution in [1.82, 2.24) is 9.78 Å². The van der Waals surface area contributed by atoms with Crippen LogP contribution in [0.3, 0.4) is 0 Å². The zero-order valence-corrected chi connectivity index (χ0v) is 12.7. The van der Waals surface area contributed by atoms with Gasteiger partial charge in [0.1, 0.15) is 31.1 Å². The number of alkyl halides is 4. The summed E-state index contributed by atoms with van der Waals surface area (Å²) < 4.78 is 62.3. The summed E-state index contributed by atoms with van der Waals surface area (Å²) in [5.74, 6) is 0.275. The van der Waals surface area contributed by atoms with Gasteiger partial charge >= 0.3 is 0 Å². The van der Waals surface area contributed by atoms with Gasteiger partial charge in [-0.1, -0.05) is 0 Å². The summed E-state index contributed by atoms with van der Waals surface area (Å²) >= 11 is 0. The quantitative estimate of drug-likeness (QED) is 0.833. The lowest BCUT2D eigenvalue weighted by Crippen LogP contribution is -2.21. The van der Waals surface area contributed by atoms with Crippen molar-refractivity contribution in [3.8, 4) is 11.5 Å². The highest BCUT2D eigenvalue weighted by molar-refractivity contribution is 5.91. The Labute approximate surface area is 139 Å². The van der Waals surface area contributed by atoms with Gasteiger partial charge in [0.05, 0.1) is 0 Å². The third kappa shape index (κ3) is 3.83. The molecule has 2 aromatic rings. The molecule has 134 valence electrons. The van der Waals surface area contributed by atoms with Gasteiger partial charge < -0.3 is 14.8 Å². The van der Waals surface area contributed by atoms with E-state index in [2.05, 4.69) is 10.4 Å². The van der Waals surface area contributed by atoms with Gasteiger partial charge in [-0.3, -0.25) is 9.48 Å². The van der Waals surface area contributed by atoms with Crippen molar-refractivity contribution < 1.29 is 31.8 Å². The van der Waals surface area contributed by atoms with Gasteiger partial charge in [0.25, 0.3) is 12.9 Å². The number of carbonyl (C=O) groups is 1. The number of amides is 1. The summed E-state index contributed by atoms with van der Waals surface area (Å²) in [7, 11) is 0. The molecular formula is C15H13F4N3O3. The maximum Gasteiger partial charge on any atom is 0.282 e. The van der Waals surface area contributed by atoms with E-state index in [-0.39, 0.29) is 0 Å². The maximum atomic E-state index is 12.9. The van der Waals surface area contributed by atoms with Crippen LogP contribution in [0.2, 0.25) is 0 Å². The van der Waals surface area contributed by atoms with E-state index in [1.54, 1.807) is 12.1 Å². The van der Waals surface area contributed by atoms with Gasteiger partial charge in [-0.15, -0.1) is 0 Å². The van der Waals surface area contributed by atoms with Gasteiger partial charge in [0.2, 0.25) is 5.91 Å². The van der Waals surface area contributed by atoms with E-state index in [9.17, 15) is 22.4 Å². The van der Waals surface area contributed by atoms with Crippen LogP contribution < -0.4 is 14.8 Å². The van der Waals surface area contributed by atoms with Crippen LogP contribution in [-0.2, 0) is 11.3 Å². The fourth-order valence-corrected chi connectivity index (χ4v) is 2.32. The molecule has 0 radical (unpaired) electrons. The van der Waals surface area contributed by atoms with Crippen LogP contribution >= 0.6 is 0 Å². The Morgan fingerprint density at radius 1 is 1.12 bits per heavy atom. The van der Waals surface area contributed by atoms with Gasteiger partial charge in [-0.2, -0.15) is 5.10 Å². The molecule has 25 heavy (non-hydrogen) atoms. The first-order chi connectivity index (χ1) is 11.9. The van der Waals surface area contributed by atoms with E-state index in [0.29, 0.717) is 41.1 Å². The number of fused-ring (bicyclic) bond motifs is 1. The molecule has 0 spiro atoms. The van der Waals surface area contributed by atoms with Crippen LogP contribution in [0, 0.1) is 0 Å². The number of nitrogens with zero attached hydrogens (tertiary/aromatic N) is 2. The monoisotopic (exact) mass is 359 g/mol. The molecule has 1 aromatic heterocycles. The number of benzene rings is 1. The summed E-state index contributed by atoms with van der Waals surface area (Å²) in [6, 6.07) is 5.26. The molecule has 1 aliphatic heterocycles. The number of carbonyl (C=O) groups excluding carboxylic acids is 1. The lowest BCUT2D eigenvalue weighted by atomic mass is 10.2. The van der Waals surface area contributed by atoms with Crippen LogP contribution in [0.5, 0.6) is 11.5 Å². The topological polar surface area (TPSA) is 65.4 Å². The summed E-state index contributed by atoms with van der Waals surface area (Å²) in [6.45, 7) is 0.160. The number of rotatable bonds is 5. The first-order valence-corrected chi connectivity index (χ1v) is 7.27. The zero-order chi connectivity index (χ0) is 18.0. The first-order valence-electron chi connectivity index (χ1n) is 7.27. The lowest BCUT2D eigenvalue weighted by molar-refractivity contribution is -0.117. The second kappa shape index (κ2) is 6.99. The molecule has 0 saturated heterocycles. The van der Waals surface area contributed by atoms with Crippen molar-refractivity contribution in [2.24, 2.45) is 0 Å². The molecule has 0 saturated carbocycles. The second-order valence-corrected chi connectivity index (χ2v) is 5.16. The van der Waals surface area contributed by atoms with Crippen molar-refractivity contribution in [1.29, 1.82) is 0 Å². The third-order valence-electron chi connectivity index (χ3n) is 3.40. The smallest absolute Gasteiger partial charge is 0.282 e. The number of halogens is 4. The first kappa shape index (κ1) is 17.1. The minimum atomic E-state index is -3.03. The molecule has 0 bridgehead atoms. The Hall–Kier alpha value is -2.78. The van der Waals surface area contributed by atoms with Crippen LogP contribution in [-0.4, -0.2) is 28.9 Å². The number of ether oxygens (including phenoxy) is 2. The molecule has 3 rings (SSSR count). The minimum Gasteiger partial charge on any atom is -0.486 e. The predicted molar refractivity (Wildman–Crippen MR) is 78.2 cm³/mol. The fourth-order valence-electron chi connectivity index (χ4n) is 2.32. The van der Waals surface area contributed by atoms with E-state index >= 15 is 0 Å². The number of hydrogen-bond donors (Lipinski definition) is 1. The molecular weight excluding hydrogens is 346 g/mol. The molecule has 1 aliphatic rings. The SMILES string of the molecule is O=C(Cn1nc(C(F)F)cc1C(F)F)Nc1ccc2c(c1)OCCO2. The Kier molecular flexibility index (Phi) is 4.77. The van der Waals surface area contributed by atoms with E-state index in [1.807, 2.05) is 0 Å². The van der Waals surface area contributed by atoms with E-state index < -0.39 is 36.7 Å². The largest absolute Gasteiger partial charge is 0.486 e. The van der Waals surface area contributed by atoms with Gasteiger partial charge in [-0.25, -0.2) is 17.6 Å². The van der Waals surface area contributed by atoms with Crippen LogP contribution in [0.25, 0.3) is 0 Å². The fraction of sp³-hybridized carbons (Fsp3) is 0.333. The van der Waals surface area contributed by atoms with E-state index in [0.717, 1.165) is 0 Å². The van der Waals surface area contributed by atoms with Crippen LogP contribution in [0.1, 0.15) is 24.2 Å². The molecule has 0 aliphatic carbocycles. The Bertz CT molecular complexity index is 779. The van der Waals surface area contributed by atoms with E-state index in [4.69, 9.17) is 9.47 Å². The van der Waals surface area contributed by atoms with E-state index in [1.165, 1.54) is 6.07 Å². The molecule has 0 atom stereocenters. The highest BCUT2D eigenvalue weighted by atomic mass is 19.3. The van der Waals surface area contributed by atoms with Crippen LogP contribution in [0.15, 0.2) is 24.3 Å². The average Bonchev–Trinajstić information content (AvgIpc) is 2.99. The molecule has 0 unspecified atom stereocenters. The summed E-state index contributed by atoms with van der Waals surface area (Å²) in [5.41, 5.74) is -1.19. The van der Waals surface area contributed by atoms with Crippen molar-refractivity contribution in [3.63, 3.8) is 0 Å². The van der Waals surface area contributed by atoms with Gasteiger partial charge in [-0.05, 0) is 18.2 Å². The molecule has 10 heteroatoms. The van der Waals surface area contributed by atoms with Crippen molar-refractivity contribution >= 4 is 11.6 Å². The standard InChI is InChI=1S/C15H13F4N3O3/c16-14(17)9-6-10(15(18)19)22(21-9)7-13(23)20-8-1-2-11-12(5-8)25-4-3-24-11/h1-2,5-6,14-15H,3-4,7H2,(H,20,23). The van der Waals surface area contributed by atoms with Crippen LogP contribution in [0.4, 0.5) is 23.2 Å². The number of aromatic nitrogens is 2. The number of anilines is 1. The molecule has 1 N–H and O–H groups in total. The Morgan fingerprint density at radius 2 is 1.84 bits per heavy atom. The van der Waals surface area contributed by atoms with Gasteiger partial charge in [0.15, 0.2) is 11.5 Å². The molecule has 1 amide bonds. The normalized spacial score (nSPS) is 13.4. The highest BCUT2D eigenvalue weighted by Gasteiger charge is 2.22. The third-order valence-corrected chi connectivity index (χ3v) is 3.40. The predicted octanol–water partition coefficient (Wildman–Crippen LogP) is 3.17. The van der Waals surface area contributed by atoms with Crippen molar-refractivity contribution in [3.05, 3.63) is 35.7 Å². The summed E-state index contributed by atoms with van der Waals surface area (Å²) in [5, 5.41) is 5.84. The zero-order valence-electron chi connectivity index (χ0n) is 12.7. The Morgan fingerprint density at radius 3 is 2.52 bits per heavy atom. The molecule has 2 heterocycles. The van der Waals surface area contributed by atoms with Crippen molar-refractivity contribution in [2.75, 3.05) is 18.5 Å². The average molecular weight is 359 g/mol. The van der Waals surface area contributed by atoms with Gasteiger partial charge in [0, 0.05) is 11.8 Å². The molecule has 0 fully saturated rings. The molecule has 6 nitrogen and oxygen atoms in total. The summed E-state index contributed by atoms with van der Waals surface area (Å²) in [4.78, 5) is 12.0. The van der Waals surface area contributed by atoms with Crippen molar-refractivity contribution in [2.45, 2.75) is 19.4 Å². The minimum absolute atomic E-state index is 0.356. The summed E-state index contributed by atoms with van der Waals surface area (Å²) in [6.07, 6.45) is -6.03. The number of nitrogens with one attached hydrogen (secondary N) is 1. The number of hydrogen-bond acceptors (Lipinski definition) is 4. The molecule has 1 aromatic carbocycles. The Balaban J connectivity index is 1.72. The second-order valence-electron chi connectivity index (χ2n) is 5.16.